The fourth-order valence-corrected chi connectivity index (χ4v) is 2.06. The lowest BCUT2D eigenvalue weighted by molar-refractivity contribution is -0.119. The van der Waals surface area contributed by atoms with Gasteiger partial charge in [0.15, 0.2) is 0 Å². The fraction of sp³-hybridized carbons (Fsp3) is 0.235. The highest BCUT2D eigenvalue weighted by Crippen LogP contribution is 2.26. The summed E-state index contributed by atoms with van der Waals surface area (Å²) in [4.78, 5) is 10.9. The van der Waals surface area contributed by atoms with Crippen molar-refractivity contribution >= 4 is 5.91 Å². The molecule has 0 unspecified atom stereocenters. The van der Waals surface area contributed by atoms with E-state index in [9.17, 15) is 13.6 Å². The molecular formula is C17H17F2NO2. The van der Waals surface area contributed by atoms with E-state index in [0.717, 1.165) is 11.1 Å². The Balaban J connectivity index is 2.14. The van der Waals surface area contributed by atoms with Crippen molar-refractivity contribution in [1.29, 1.82) is 0 Å². The zero-order valence-electron chi connectivity index (χ0n) is 12.2. The van der Waals surface area contributed by atoms with Crippen molar-refractivity contribution in [3.05, 3.63) is 71.3 Å². The van der Waals surface area contributed by atoms with E-state index in [2.05, 4.69) is 5.32 Å². The van der Waals surface area contributed by atoms with Gasteiger partial charge in [-0.3, -0.25) is 4.79 Å². The Bertz CT molecular complexity index is 566. The van der Waals surface area contributed by atoms with E-state index in [0.29, 0.717) is 13.2 Å². The van der Waals surface area contributed by atoms with Crippen LogP contribution in [0.1, 0.15) is 24.2 Å². The molecule has 2 aromatic carbocycles. The minimum Gasteiger partial charge on any atom is -0.367 e. The van der Waals surface area contributed by atoms with Gasteiger partial charge in [0.1, 0.15) is 17.7 Å². The van der Waals surface area contributed by atoms with Crippen molar-refractivity contribution in [2.24, 2.45) is 0 Å². The van der Waals surface area contributed by atoms with E-state index in [1.54, 1.807) is 24.3 Å². The van der Waals surface area contributed by atoms with Crippen molar-refractivity contribution < 1.29 is 18.3 Å². The van der Waals surface area contributed by atoms with Crippen molar-refractivity contribution in [2.45, 2.75) is 13.0 Å². The van der Waals surface area contributed by atoms with Crippen LogP contribution in [0.4, 0.5) is 8.78 Å². The minimum absolute atomic E-state index is 0.135. The van der Waals surface area contributed by atoms with Crippen molar-refractivity contribution in [2.75, 3.05) is 13.2 Å². The van der Waals surface area contributed by atoms with Gasteiger partial charge in [0, 0.05) is 13.5 Å². The molecule has 2 aromatic rings. The minimum atomic E-state index is -0.449. The molecule has 0 bridgehead atoms. The number of hydrogen-bond acceptors (Lipinski definition) is 2. The summed E-state index contributed by atoms with van der Waals surface area (Å²) < 4.78 is 31.9. The second kappa shape index (κ2) is 7.66. The monoisotopic (exact) mass is 305 g/mol. The molecule has 1 N–H and O–H groups in total. The Morgan fingerprint density at radius 1 is 1.00 bits per heavy atom. The Morgan fingerprint density at radius 3 is 1.86 bits per heavy atom. The molecule has 0 spiro atoms. The Morgan fingerprint density at radius 2 is 1.45 bits per heavy atom. The van der Waals surface area contributed by atoms with E-state index in [4.69, 9.17) is 4.74 Å². The highest BCUT2D eigenvalue weighted by molar-refractivity contribution is 5.72. The highest BCUT2D eigenvalue weighted by atomic mass is 19.1. The van der Waals surface area contributed by atoms with Crippen molar-refractivity contribution in [3.8, 4) is 0 Å². The summed E-state index contributed by atoms with van der Waals surface area (Å²) in [7, 11) is 0. The third kappa shape index (κ3) is 4.63. The molecule has 0 heterocycles. The molecule has 3 nitrogen and oxygen atoms in total. The highest BCUT2D eigenvalue weighted by Gasteiger charge is 2.15. The van der Waals surface area contributed by atoms with E-state index in [1.165, 1.54) is 31.2 Å². The topological polar surface area (TPSA) is 38.3 Å². The largest absolute Gasteiger partial charge is 0.367 e. The number of carbonyl (C=O) groups excluding carboxylic acids is 1. The lowest BCUT2D eigenvalue weighted by Gasteiger charge is -2.19. The summed E-state index contributed by atoms with van der Waals surface area (Å²) in [6, 6.07) is 11.9. The zero-order chi connectivity index (χ0) is 15.9. The lowest BCUT2D eigenvalue weighted by Crippen LogP contribution is -2.25. The van der Waals surface area contributed by atoms with E-state index in [-0.39, 0.29) is 17.5 Å². The molecule has 0 saturated carbocycles. The van der Waals surface area contributed by atoms with E-state index in [1.807, 2.05) is 0 Å². The molecule has 0 radical (unpaired) electrons. The summed E-state index contributed by atoms with van der Waals surface area (Å²) in [5.74, 6) is -0.802. The van der Waals surface area contributed by atoms with Gasteiger partial charge in [-0.15, -0.1) is 0 Å². The standard InChI is InChI=1S/C17H17F2NO2/c1-12(21)20-10-11-22-17(13-2-6-15(18)7-3-13)14-4-8-16(19)9-5-14/h2-9,17H,10-11H2,1H3,(H,20,21). The summed E-state index contributed by atoms with van der Waals surface area (Å²) in [5, 5.41) is 2.64. The molecule has 1 amide bonds. The molecule has 22 heavy (non-hydrogen) atoms. The number of amides is 1. The maximum atomic E-state index is 13.1. The Labute approximate surface area is 127 Å². The molecule has 0 saturated heterocycles. The lowest BCUT2D eigenvalue weighted by atomic mass is 10.0. The molecule has 0 aliphatic rings. The van der Waals surface area contributed by atoms with Crippen LogP contribution in [0, 0.1) is 11.6 Å². The number of ether oxygens (including phenoxy) is 1. The van der Waals surface area contributed by atoms with Crippen LogP contribution >= 0.6 is 0 Å². The van der Waals surface area contributed by atoms with Crippen LogP contribution < -0.4 is 5.32 Å². The molecule has 2 rings (SSSR count). The van der Waals surface area contributed by atoms with Crippen LogP contribution in [0.2, 0.25) is 0 Å². The summed E-state index contributed by atoms with van der Waals surface area (Å²) in [6.07, 6.45) is -0.449. The van der Waals surface area contributed by atoms with Gasteiger partial charge in [-0.1, -0.05) is 24.3 Å². The maximum Gasteiger partial charge on any atom is 0.216 e. The number of nitrogens with one attached hydrogen (secondary N) is 1. The first kappa shape index (κ1) is 16.1. The first-order valence-electron chi connectivity index (χ1n) is 6.93. The SMILES string of the molecule is CC(=O)NCCOC(c1ccc(F)cc1)c1ccc(F)cc1. The van der Waals surface area contributed by atoms with Gasteiger partial charge in [0.05, 0.1) is 6.61 Å². The van der Waals surface area contributed by atoms with Crippen LogP contribution in [0.3, 0.4) is 0 Å². The molecule has 0 atom stereocenters. The van der Waals surface area contributed by atoms with Crippen molar-refractivity contribution in [3.63, 3.8) is 0 Å². The number of hydrogen-bond donors (Lipinski definition) is 1. The maximum absolute atomic E-state index is 13.1. The van der Waals surface area contributed by atoms with Gasteiger partial charge in [0.25, 0.3) is 0 Å². The fourth-order valence-electron chi connectivity index (χ4n) is 2.06. The quantitative estimate of drug-likeness (QED) is 0.832. The molecule has 0 aliphatic heterocycles. The van der Waals surface area contributed by atoms with Crippen LogP contribution in [-0.4, -0.2) is 19.1 Å². The first-order chi connectivity index (χ1) is 10.6. The first-order valence-corrected chi connectivity index (χ1v) is 6.93. The smallest absolute Gasteiger partial charge is 0.216 e. The average molecular weight is 305 g/mol. The third-order valence-electron chi connectivity index (χ3n) is 3.11. The molecule has 0 aromatic heterocycles. The van der Waals surface area contributed by atoms with Gasteiger partial charge < -0.3 is 10.1 Å². The van der Waals surface area contributed by atoms with Gasteiger partial charge in [-0.2, -0.15) is 0 Å². The summed E-state index contributed by atoms with van der Waals surface area (Å²) >= 11 is 0. The summed E-state index contributed by atoms with van der Waals surface area (Å²) in [6.45, 7) is 2.09. The van der Waals surface area contributed by atoms with Gasteiger partial charge in [0.2, 0.25) is 5.91 Å². The average Bonchev–Trinajstić information content (AvgIpc) is 2.50. The normalized spacial score (nSPS) is 10.7. The molecular weight excluding hydrogens is 288 g/mol. The van der Waals surface area contributed by atoms with Crippen molar-refractivity contribution in [1.82, 2.24) is 5.32 Å². The summed E-state index contributed by atoms with van der Waals surface area (Å²) in [5.41, 5.74) is 1.52. The number of rotatable bonds is 6. The van der Waals surface area contributed by atoms with Crippen LogP contribution in [0.5, 0.6) is 0 Å². The number of benzene rings is 2. The van der Waals surface area contributed by atoms with Gasteiger partial charge >= 0.3 is 0 Å². The molecule has 0 aliphatic carbocycles. The third-order valence-corrected chi connectivity index (χ3v) is 3.11. The molecule has 0 fully saturated rings. The molecule has 116 valence electrons. The number of carbonyl (C=O) groups is 1. The second-order valence-corrected chi connectivity index (χ2v) is 4.84. The van der Waals surface area contributed by atoms with Crippen LogP contribution in [-0.2, 0) is 9.53 Å². The molecule has 5 heteroatoms. The predicted molar refractivity (Wildman–Crippen MR) is 79.3 cm³/mol. The van der Waals surface area contributed by atoms with Crippen LogP contribution in [0.15, 0.2) is 48.5 Å². The Hall–Kier alpha value is -2.27. The van der Waals surface area contributed by atoms with Gasteiger partial charge in [-0.25, -0.2) is 8.78 Å². The van der Waals surface area contributed by atoms with E-state index >= 15 is 0 Å². The van der Waals surface area contributed by atoms with E-state index < -0.39 is 6.10 Å². The number of halogens is 2. The Kier molecular flexibility index (Phi) is 5.61. The zero-order valence-corrected chi connectivity index (χ0v) is 12.2. The second-order valence-electron chi connectivity index (χ2n) is 4.84. The predicted octanol–water partition coefficient (Wildman–Crippen LogP) is 3.21. The van der Waals surface area contributed by atoms with Crippen LogP contribution in [0.25, 0.3) is 0 Å². The van der Waals surface area contributed by atoms with Gasteiger partial charge in [-0.05, 0) is 35.4 Å².